The molecule has 0 aliphatic rings. The average molecular weight is 358 g/mol. The van der Waals surface area contributed by atoms with Crippen LogP contribution in [-0.2, 0) is 13.1 Å². The van der Waals surface area contributed by atoms with E-state index in [1.807, 2.05) is 29.5 Å². The van der Waals surface area contributed by atoms with Crippen molar-refractivity contribution in [2.75, 3.05) is 0 Å². The molecule has 0 saturated carbocycles. The lowest BCUT2D eigenvalue weighted by molar-refractivity contribution is 0.602. The Morgan fingerprint density at radius 1 is 1.39 bits per heavy atom. The predicted octanol–water partition coefficient (Wildman–Crippen LogP) is 1.81. The van der Waals surface area contributed by atoms with Crippen LogP contribution in [0.3, 0.4) is 0 Å². The first-order chi connectivity index (χ1) is 8.63. The van der Waals surface area contributed by atoms with Crippen LogP contribution in [0.15, 0.2) is 23.5 Å². The number of aromatic nitrogens is 4. The standard InChI is InChI=1S/C12H15IN4O/c1-3-4-16-8-14-5-10(16)7-17-9(2)15-6-11(13)12(17)18/h5-6,8H,3-4,7H2,1-2H3. The molecule has 5 nitrogen and oxygen atoms in total. The van der Waals surface area contributed by atoms with Crippen LogP contribution in [0.5, 0.6) is 0 Å². The minimum atomic E-state index is 0.00680. The summed E-state index contributed by atoms with van der Waals surface area (Å²) in [5.74, 6) is 0.727. The van der Waals surface area contributed by atoms with Crippen LogP contribution in [0.2, 0.25) is 0 Å². The van der Waals surface area contributed by atoms with E-state index >= 15 is 0 Å². The Morgan fingerprint density at radius 2 is 2.17 bits per heavy atom. The van der Waals surface area contributed by atoms with Crippen LogP contribution in [-0.4, -0.2) is 19.1 Å². The highest BCUT2D eigenvalue weighted by Gasteiger charge is 2.08. The van der Waals surface area contributed by atoms with Gasteiger partial charge >= 0.3 is 0 Å². The Kier molecular flexibility index (Phi) is 4.15. The van der Waals surface area contributed by atoms with Crippen molar-refractivity contribution in [2.45, 2.75) is 33.4 Å². The SMILES string of the molecule is CCCn1cncc1Cn1c(C)ncc(I)c1=O. The molecule has 0 atom stereocenters. The van der Waals surface area contributed by atoms with E-state index in [1.165, 1.54) is 0 Å². The van der Waals surface area contributed by atoms with Crippen molar-refractivity contribution in [1.82, 2.24) is 19.1 Å². The fourth-order valence-corrected chi connectivity index (χ4v) is 2.25. The van der Waals surface area contributed by atoms with E-state index in [4.69, 9.17) is 0 Å². The average Bonchev–Trinajstić information content (AvgIpc) is 2.78. The van der Waals surface area contributed by atoms with Crippen molar-refractivity contribution < 1.29 is 0 Å². The molecule has 2 heterocycles. The van der Waals surface area contributed by atoms with Gasteiger partial charge in [0.05, 0.1) is 22.1 Å². The minimum absolute atomic E-state index is 0.00680. The molecule has 2 aromatic heterocycles. The summed E-state index contributed by atoms with van der Waals surface area (Å²) in [4.78, 5) is 20.4. The number of hydrogen-bond donors (Lipinski definition) is 0. The van der Waals surface area contributed by atoms with Crippen molar-refractivity contribution in [3.8, 4) is 0 Å². The summed E-state index contributed by atoms with van der Waals surface area (Å²) in [6.07, 6.45) is 6.27. The monoisotopic (exact) mass is 358 g/mol. The largest absolute Gasteiger partial charge is 0.333 e. The molecule has 0 unspecified atom stereocenters. The summed E-state index contributed by atoms with van der Waals surface area (Å²) in [5.41, 5.74) is 1.04. The zero-order valence-electron chi connectivity index (χ0n) is 10.4. The second-order valence-electron chi connectivity index (χ2n) is 4.12. The third-order valence-corrected chi connectivity index (χ3v) is 3.53. The third kappa shape index (κ3) is 2.63. The van der Waals surface area contributed by atoms with Crippen molar-refractivity contribution in [3.05, 3.63) is 44.2 Å². The Balaban J connectivity index is 2.37. The number of rotatable bonds is 4. The highest BCUT2D eigenvalue weighted by Crippen LogP contribution is 2.05. The molecule has 6 heteroatoms. The fraction of sp³-hybridized carbons (Fsp3) is 0.417. The fourth-order valence-electron chi connectivity index (χ4n) is 1.82. The summed E-state index contributed by atoms with van der Waals surface area (Å²) in [7, 11) is 0. The van der Waals surface area contributed by atoms with Crippen LogP contribution in [0, 0.1) is 10.5 Å². The summed E-state index contributed by atoms with van der Waals surface area (Å²) >= 11 is 2.01. The second-order valence-corrected chi connectivity index (χ2v) is 5.29. The van der Waals surface area contributed by atoms with Gasteiger partial charge in [-0.15, -0.1) is 0 Å². The Labute approximate surface area is 119 Å². The van der Waals surface area contributed by atoms with Gasteiger partial charge < -0.3 is 4.57 Å². The number of aryl methyl sites for hydroxylation is 2. The maximum absolute atomic E-state index is 12.1. The first kappa shape index (κ1) is 13.3. The number of imidazole rings is 1. The molecule has 0 aromatic carbocycles. The van der Waals surface area contributed by atoms with Crippen LogP contribution in [0.25, 0.3) is 0 Å². The molecule has 0 spiro atoms. The smallest absolute Gasteiger partial charge is 0.267 e. The molecule has 0 aliphatic heterocycles. The van der Waals surface area contributed by atoms with E-state index in [-0.39, 0.29) is 5.56 Å². The zero-order chi connectivity index (χ0) is 13.1. The molecule has 0 aliphatic carbocycles. The van der Waals surface area contributed by atoms with Gasteiger partial charge in [-0.3, -0.25) is 9.36 Å². The van der Waals surface area contributed by atoms with Crippen LogP contribution in [0.4, 0.5) is 0 Å². The Hall–Kier alpha value is -1.18. The van der Waals surface area contributed by atoms with Gasteiger partial charge in [0.1, 0.15) is 5.82 Å². The Morgan fingerprint density at radius 3 is 2.89 bits per heavy atom. The highest BCUT2D eigenvalue weighted by molar-refractivity contribution is 14.1. The van der Waals surface area contributed by atoms with Crippen molar-refractivity contribution in [2.24, 2.45) is 0 Å². The van der Waals surface area contributed by atoms with E-state index < -0.39 is 0 Å². The molecule has 2 aromatic rings. The Bertz CT molecular complexity index is 602. The lowest BCUT2D eigenvalue weighted by Gasteiger charge is -2.11. The summed E-state index contributed by atoms with van der Waals surface area (Å²) < 4.78 is 4.40. The van der Waals surface area contributed by atoms with Gasteiger partial charge in [0.25, 0.3) is 5.56 Å². The molecule has 96 valence electrons. The molecule has 0 fully saturated rings. The molecule has 0 bridgehead atoms. The maximum atomic E-state index is 12.1. The lowest BCUT2D eigenvalue weighted by Crippen LogP contribution is -2.27. The van der Waals surface area contributed by atoms with E-state index in [9.17, 15) is 4.79 Å². The van der Waals surface area contributed by atoms with Gasteiger partial charge in [-0.1, -0.05) is 6.92 Å². The van der Waals surface area contributed by atoms with Crippen molar-refractivity contribution in [3.63, 3.8) is 0 Å². The maximum Gasteiger partial charge on any atom is 0.267 e. The third-order valence-electron chi connectivity index (χ3n) is 2.79. The molecule has 18 heavy (non-hydrogen) atoms. The van der Waals surface area contributed by atoms with Crippen LogP contribution < -0.4 is 5.56 Å². The van der Waals surface area contributed by atoms with E-state index in [0.717, 1.165) is 24.5 Å². The van der Waals surface area contributed by atoms with Gasteiger partial charge in [-0.2, -0.15) is 0 Å². The number of halogens is 1. The minimum Gasteiger partial charge on any atom is -0.333 e. The van der Waals surface area contributed by atoms with E-state index in [1.54, 1.807) is 23.3 Å². The highest BCUT2D eigenvalue weighted by atomic mass is 127. The molecule has 2 rings (SSSR count). The second kappa shape index (κ2) is 5.64. The lowest BCUT2D eigenvalue weighted by atomic mass is 10.4. The predicted molar refractivity (Wildman–Crippen MR) is 77.6 cm³/mol. The normalized spacial score (nSPS) is 10.8. The molecule has 0 N–H and O–H groups in total. The van der Waals surface area contributed by atoms with Gasteiger partial charge in [0.15, 0.2) is 0 Å². The number of nitrogens with zero attached hydrogens (tertiary/aromatic N) is 4. The van der Waals surface area contributed by atoms with Gasteiger partial charge in [-0.05, 0) is 35.9 Å². The zero-order valence-corrected chi connectivity index (χ0v) is 12.6. The summed E-state index contributed by atoms with van der Waals surface area (Å²) in [5, 5.41) is 0. The molecule has 0 radical (unpaired) electrons. The molecule has 0 amide bonds. The number of hydrogen-bond acceptors (Lipinski definition) is 3. The van der Waals surface area contributed by atoms with Gasteiger partial charge in [-0.25, -0.2) is 9.97 Å². The molecular formula is C12H15IN4O. The van der Waals surface area contributed by atoms with E-state index in [2.05, 4.69) is 21.5 Å². The summed E-state index contributed by atoms with van der Waals surface area (Å²) in [6, 6.07) is 0. The molecular weight excluding hydrogens is 343 g/mol. The first-order valence-corrected chi connectivity index (χ1v) is 6.92. The quantitative estimate of drug-likeness (QED) is 0.784. The topological polar surface area (TPSA) is 52.7 Å². The van der Waals surface area contributed by atoms with Crippen LogP contribution in [0.1, 0.15) is 24.9 Å². The first-order valence-electron chi connectivity index (χ1n) is 5.84. The van der Waals surface area contributed by atoms with Crippen molar-refractivity contribution in [1.29, 1.82) is 0 Å². The van der Waals surface area contributed by atoms with Crippen molar-refractivity contribution >= 4 is 22.6 Å². The van der Waals surface area contributed by atoms with Gasteiger partial charge in [0, 0.05) is 18.9 Å². The molecule has 0 saturated heterocycles. The summed E-state index contributed by atoms with van der Waals surface area (Å²) in [6.45, 7) is 5.40. The van der Waals surface area contributed by atoms with Crippen LogP contribution >= 0.6 is 22.6 Å². The van der Waals surface area contributed by atoms with Gasteiger partial charge in [0.2, 0.25) is 0 Å². The van der Waals surface area contributed by atoms with E-state index in [0.29, 0.717) is 10.1 Å².